The first-order valence-corrected chi connectivity index (χ1v) is 7.54. The highest BCUT2D eigenvalue weighted by atomic mass is 79.9. The van der Waals surface area contributed by atoms with Crippen LogP contribution in [-0.2, 0) is 13.1 Å². The molecular weight excluding hydrogens is 332 g/mol. The maximum absolute atomic E-state index is 5.99. The van der Waals surface area contributed by atoms with Gasteiger partial charge in [0.25, 0.3) is 0 Å². The first-order valence-electron chi connectivity index (χ1n) is 5.49. The molecule has 0 fully saturated rings. The van der Waals surface area contributed by atoms with Gasteiger partial charge in [-0.1, -0.05) is 11.6 Å². The first kappa shape index (κ1) is 13.9. The van der Waals surface area contributed by atoms with Gasteiger partial charge in [-0.2, -0.15) is 0 Å². The Hall–Kier alpha value is -0.550. The molecule has 1 heterocycles. The number of thiophene rings is 1. The van der Waals surface area contributed by atoms with Crippen molar-refractivity contribution in [1.82, 2.24) is 4.90 Å². The molecule has 2 aromatic rings. The van der Waals surface area contributed by atoms with Crippen molar-refractivity contribution < 1.29 is 0 Å². The molecule has 2 rings (SSSR count). The normalized spacial score (nSPS) is 11.1. The summed E-state index contributed by atoms with van der Waals surface area (Å²) >= 11 is 11.2. The average Bonchev–Trinajstić information content (AvgIpc) is 2.61. The van der Waals surface area contributed by atoms with Crippen molar-refractivity contribution in [3.8, 4) is 0 Å². The molecule has 0 saturated heterocycles. The lowest BCUT2D eigenvalue weighted by Gasteiger charge is -2.16. The van der Waals surface area contributed by atoms with E-state index in [1.54, 1.807) is 17.4 Å². The molecule has 18 heavy (non-hydrogen) atoms. The molecule has 1 aromatic heterocycles. The second-order valence-corrected chi connectivity index (χ2v) is 7.05. The van der Waals surface area contributed by atoms with Gasteiger partial charge in [-0.15, -0.1) is 11.3 Å². The second-order valence-electron chi connectivity index (χ2n) is 4.32. The van der Waals surface area contributed by atoms with Gasteiger partial charge in [-0.25, -0.2) is 0 Å². The zero-order valence-corrected chi connectivity index (χ0v) is 13.1. The Morgan fingerprint density at radius 2 is 1.94 bits per heavy atom. The third kappa shape index (κ3) is 3.99. The van der Waals surface area contributed by atoms with E-state index in [1.165, 1.54) is 5.56 Å². The molecule has 2 N–H and O–H groups in total. The van der Waals surface area contributed by atoms with Crippen molar-refractivity contribution in [3.63, 3.8) is 0 Å². The number of anilines is 1. The number of nitrogens with zero attached hydrogens (tertiary/aromatic N) is 1. The van der Waals surface area contributed by atoms with Gasteiger partial charge >= 0.3 is 0 Å². The van der Waals surface area contributed by atoms with Gasteiger partial charge in [0.05, 0.1) is 3.79 Å². The summed E-state index contributed by atoms with van der Waals surface area (Å²) in [5.74, 6) is 0. The number of hydrogen-bond donors (Lipinski definition) is 1. The van der Waals surface area contributed by atoms with E-state index in [1.807, 2.05) is 12.1 Å². The molecule has 1 aromatic carbocycles. The number of nitrogen functional groups attached to an aromatic ring is 1. The van der Waals surface area contributed by atoms with E-state index in [9.17, 15) is 0 Å². The lowest BCUT2D eigenvalue weighted by molar-refractivity contribution is 0.319. The molecule has 0 atom stereocenters. The lowest BCUT2D eigenvalue weighted by Crippen LogP contribution is -2.16. The molecule has 0 aliphatic heterocycles. The molecule has 96 valence electrons. The van der Waals surface area contributed by atoms with Crippen LogP contribution in [-0.4, -0.2) is 11.9 Å². The molecule has 5 heteroatoms. The van der Waals surface area contributed by atoms with Crippen LogP contribution in [0.4, 0.5) is 5.69 Å². The van der Waals surface area contributed by atoms with E-state index < -0.39 is 0 Å². The van der Waals surface area contributed by atoms with Gasteiger partial charge in [-0.3, -0.25) is 4.90 Å². The van der Waals surface area contributed by atoms with Crippen LogP contribution in [0.5, 0.6) is 0 Å². The van der Waals surface area contributed by atoms with Gasteiger partial charge in [0.2, 0.25) is 0 Å². The Morgan fingerprint density at radius 1 is 1.22 bits per heavy atom. The summed E-state index contributed by atoms with van der Waals surface area (Å²) in [6.45, 7) is 1.74. The summed E-state index contributed by atoms with van der Waals surface area (Å²) in [5, 5.41) is 2.85. The topological polar surface area (TPSA) is 29.3 Å². The highest BCUT2D eigenvalue weighted by Gasteiger charge is 2.05. The van der Waals surface area contributed by atoms with Crippen molar-refractivity contribution in [3.05, 3.63) is 49.6 Å². The van der Waals surface area contributed by atoms with Crippen LogP contribution in [0.3, 0.4) is 0 Å². The summed E-state index contributed by atoms with van der Waals surface area (Å²) < 4.78 is 1.16. The van der Waals surface area contributed by atoms with Crippen LogP contribution in [0.2, 0.25) is 5.02 Å². The zero-order chi connectivity index (χ0) is 13.1. The Bertz CT molecular complexity index is 521. The fourth-order valence-electron chi connectivity index (χ4n) is 1.87. The van der Waals surface area contributed by atoms with E-state index in [2.05, 4.69) is 39.3 Å². The minimum atomic E-state index is 0.691. The van der Waals surface area contributed by atoms with Crippen molar-refractivity contribution in [1.29, 1.82) is 0 Å². The summed E-state index contributed by atoms with van der Waals surface area (Å²) in [6.07, 6.45) is 0. The lowest BCUT2D eigenvalue weighted by atomic mass is 10.2. The average molecular weight is 346 g/mol. The predicted molar refractivity (Wildman–Crippen MR) is 83.1 cm³/mol. The van der Waals surface area contributed by atoms with Gasteiger partial charge in [0.1, 0.15) is 0 Å². The Morgan fingerprint density at radius 3 is 2.56 bits per heavy atom. The maximum atomic E-state index is 5.99. The second kappa shape index (κ2) is 6.06. The summed E-state index contributed by atoms with van der Waals surface area (Å²) in [7, 11) is 2.09. The van der Waals surface area contributed by atoms with Gasteiger partial charge < -0.3 is 5.73 Å². The number of halogens is 2. The smallest absolute Gasteiger partial charge is 0.0701 e. The molecule has 2 nitrogen and oxygen atoms in total. The van der Waals surface area contributed by atoms with Crippen LogP contribution in [0.25, 0.3) is 0 Å². The molecule has 0 aliphatic carbocycles. The van der Waals surface area contributed by atoms with Crippen molar-refractivity contribution in [2.75, 3.05) is 12.8 Å². The quantitative estimate of drug-likeness (QED) is 0.833. The summed E-state index contributed by atoms with van der Waals surface area (Å²) in [6, 6.07) is 7.83. The molecule has 0 saturated carbocycles. The first-order chi connectivity index (χ1) is 8.52. The van der Waals surface area contributed by atoms with Crippen LogP contribution < -0.4 is 5.73 Å². The maximum Gasteiger partial charge on any atom is 0.0701 e. The minimum absolute atomic E-state index is 0.691. The van der Waals surface area contributed by atoms with Crippen LogP contribution in [0, 0.1) is 0 Å². The van der Waals surface area contributed by atoms with Crippen molar-refractivity contribution in [2.45, 2.75) is 13.1 Å². The number of rotatable bonds is 4. The standard InChI is InChI=1S/C13H14BrClN2S/c1-17(7-10-4-13(14)18-8-10)6-9-2-11(15)5-12(16)3-9/h2-5,8H,6-7,16H2,1H3. The van der Waals surface area contributed by atoms with Crippen LogP contribution in [0.1, 0.15) is 11.1 Å². The summed E-state index contributed by atoms with van der Waals surface area (Å²) in [5.41, 5.74) is 8.94. The molecule has 0 amide bonds. The van der Waals surface area contributed by atoms with Gasteiger partial charge in [-0.05, 0) is 63.8 Å². The van der Waals surface area contributed by atoms with E-state index in [0.717, 1.165) is 22.4 Å². The third-order valence-electron chi connectivity index (χ3n) is 2.51. The fourth-order valence-corrected chi connectivity index (χ4v) is 3.34. The molecule has 0 radical (unpaired) electrons. The van der Waals surface area contributed by atoms with Gasteiger partial charge in [0.15, 0.2) is 0 Å². The molecule has 0 unspecified atom stereocenters. The number of benzene rings is 1. The monoisotopic (exact) mass is 344 g/mol. The summed E-state index contributed by atoms with van der Waals surface area (Å²) in [4.78, 5) is 2.24. The Labute approximate surface area is 124 Å². The van der Waals surface area contributed by atoms with E-state index in [-0.39, 0.29) is 0 Å². The van der Waals surface area contributed by atoms with E-state index in [0.29, 0.717) is 10.7 Å². The van der Waals surface area contributed by atoms with Crippen molar-refractivity contribution >= 4 is 44.6 Å². The number of hydrogen-bond acceptors (Lipinski definition) is 3. The highest BCUT2D eigenvalue weighted by Crippen LogP contribution is 2.22. The Balaban J connectivity index is 2.00. The predicted octanol–water partition coefficient (Wildman–Crippen LogP) is 4.38. The van der Waals surface area contributed by atoms with Crippen LogP contribution >= 0.6 is 38.9 Å². The van der Waals surface area contributed by atoms with Gasteiger partial charge in [0, 0.05) is 23.8 Å². The number of nitrogens with two attached hydrogens (primary N) is 1. The highest BCUT2D eigenvalue weighted by molar-refractivity contribution is 9.11. The SMILES string of the molecule is CN(Cc1cc(N)cc(Cl)c1)Cc1csc(Br)c1. The molecule has 0 bridgehead atoms. The fraction of sp³-hybridized carbons (Fsp3) is 0.231. The van der Waals surface area contributed by atoms with Crippen LogP contribution in [0.15, 0.2) is 33.4 Å². The molecular formula is C13H14BrClN2S. The third-order valence-corrected chi connectivity index (χ3v) is 4.28. The zero-order valence-electron chi connectivity index (χ0n) is 9.99. The van der Waals surface area contributed by atoms with E-state index in [4.69, 9.17) is 17.3 Å². The molecule has 0 spiro atoms. The Kier molecular flexibility index (Phi) is 4.67. The minimum Gasteiger partial charge on any atom is -0.399 e. The van der Waals surface area contributed by atoms with E-state index >= 15 is 0 Å². The molecule has 0 aliphatic rings. The largest absolute Gasteiger partial charge is 0.399 e. The van der Waals surface area contributed by atoms with Crippen molar-refractivity contribution in [2.24, 2.45) is 0 Å².